The summed E-state index contributed by atoms with van der Waals surface area (Å²) in [5.74, 6) is 0.973. The largest absolute Gasteiger partial charge is 0.493 e. The number of thiophene rings is 1. The van der Waals surface area contributed by atoms with Gasteiger partial charge in [-0.3, -0.25) is 9.69 Å². The molecule has 0 aliphatic carbocycles. The number of carbonyl (C=O) groups excluding carboxylic acids is 1. The molecule has 6 heteroatoms. The van der Waals surface area contributed by atoms with Crippen LogP contribution in [0.1, 0.15) is 27.7 Å². The summed E-state index contributed by atoms with van der Waals surface area (Å²) in [7, 11) is 3.50. The normalized spacial score (nSPS) is 12.2. The summed E-state index contributed by atoms with van der Waals surface area (Å²) < 4.78 is 10.9. The predicted molar refractivity (Wildman–Crippen MR) is 99.9 cm³/mol. The molecule has 0 saturated carbocycles. The molecule has 0 aliphatic rings. The minimum atomic E-state index is -0.623. The van der Waals surface area contributed by atoms with E-state index < -0.39 is 6.10 Å². The lowest BCUT2D eigenvalue weighted by molar-refractivity contribution is 0.0734. The van der Waals surface area contributed by atoms with E-state index in [0.717, 1.165) is 6.54 Å². The molecule has 25 heavy (non-hydrogen) atoms. The molecule has 1 N–H and O–H groups in total. The van der Waals surface area contributed by atoms with Crippen molar-refractivity contribution in [2.45, 2.75) is 26.5 Å². The Kier molecular flexibility index (Phi) is 6.99. The van der Waals surface area contributed by atoms with Gasteiger partial charge in [-0.05, 0) is 56.1 Å². The van der Waals surface area contributed by atoms with Gasteiger partial charge in [0.2, 0.25) is 0 Å². The first-order valence-corrected chi connectivity index (χ1v) is 9.00. The molecule has 136 valence electrons. The summed E-state index contributed by atoms with van der Waals surface area (Å²) >= 11 is 1.73. The minimum absolute atomic E-state index is 0.0321. The first-order chi connectivity index (χ1) is 11.9. The number of hydrogen-bond donors (Lipinski definition) is 1. The number of aryl methyl sites for hydroxylation is 1. The number of ether oxygens (including phenoxy) is 2. The van der Waals surface area contributed by atoms with Crippen molar-refractivity contribution in [2.24, 2.45) is 0 Å². The first-order valence-electron chi connectivity index (χ1n) is 8.12. The van der Waals surface area contributed by atoms with Crippen LogP contribution in [0.5, 0.6) is 11.5 Å². The number of aliphatic hydroxyl groups excluding tert-OH is 1. The van der Waals surface area contributed by atoms with Crippen LogP contribution in [0.15, 0.2) is 29.6 Å². The van der Waals surface area contributed by atoms with Gasteiger partial charge in [0.15, 0.2) is 17.3 Å². The molecular weight excluding hydrogens is 338 g/mol. The first kappa shape index (κ1) is 19.4. The summed E-state index contributed by atoms with van der Waals surface area (Å²) in [4.78, 5) is 14.8. The number of ketones is 1. The highest BCUT2D eigenvalue weighted by atomic mass is 32.1. The van der Waals surface area contributed by atoms with Gasteiger partial charge in [0.05, 0.1) is 7.11 Å². The topological polar surface area (TPSA) is 59.0 Å². The number of Topliss-reactive ketones (excluding diaryl/α,β-unsaturated/α-hetero) is 1. The number of methoxy groups -OCH3 is 1. The summed E-state index contributed by atoms with van der Waals surface area (Å²) in [6.45, 7) is 5.06. The van der Waals surface area contributed by atoms with Crippen LogP contribution in [0.4, 0.5) is 0 Å². The number of benzene rings is 1. The standard InChI is InChI=1S/C19H25NO4S/c1-13-7-8-25-19(13)11-20(3)10-16(22)12-24-17-6-5-15(14(2)21)9-18(17)23-4/h5-9,16,22H,10-12H2,1-4H3. The maximum Gasteiger partial charge on any atom is 0.161 e. The Balaban J connectivity index is 1.88. The van der Waals surface area contributed by atoms with Crippen LogP contribution in [0, 0.1) is 6.92 Å². The van der Waals surface area contributed by atoms with Gasteiger partial charge in [0.25, 0.3) is 0 Å². The molecule has 0 bridgehead atoms. The van der Waals surface area contributed by atoms with E-state index in [0.29, 0.717) is 23.6 Å². The van der Waals surface area contributed by atoms with Crippen molar-refractivity contribution in [2.75, 3.05) is 27.3 Å². The second-order valence-electron chi connectivity index (χ2n) is 6.11. The van der Waals surface area contributed by atoms with E-state index in [4.69, 9.17) is 9.47 Å². The molecular formula is C19H25NO4S. The molecule has 0 aliphatic heterocycles. The monoisotopic (exact) mass is 363 g/mol. The number of nitrogens with zero attached hydrogens (tertiary/aromatic N) is 1. The number of aliphatic hydroxyl groups is 1. The van der Waals surface area contributed by atoms with Crippen molar-refractivity contribution < 1.29 is 19.4 Å². The van der Waals surface area contributed by atoms with Crippen LogP contribution >= 0.6 is 11.3 Å². The minimum Gasteiger partial charge on any atom is -0.493 e. The molecule has 1 unspecified atom stereocenters. The molecule has 1 heterocycles. The molecule has 5 nitrogen and oxygen atoms in total. The van der Waals surface area contributed by atoms with Gasteiger partial charge in [-0.1, -0.05) is 0 Å². The smallest absolute Gasteiger partial charge is 0.161 e. The van der Waals surface area contributed by atoms with Crippen molar-refractivity contribution in [1.82, 2.24) is 4.90 Å². The average molecular weight is 363 g/mol. The van der Waals surface area contributed by atoms with Gasteiger partial charge in [0.1, 0.15) is 12.7 Å². The van der Waals surface area contributed by atoms with Gasteiger partial charge in [-0.15, -0.1) is 11.3 Å². The second-order valence-corrected chi connectivity index (χ2v) is 7.11. The third-order valence-electron chi connectivity index (χ3n) is 3.91. The van der Waals surface area contributed by atoms with Crippen LogP contribution in [0.3, 0.4) is 0 Å². The highest BCUT2D eigenvalue weighted by Crippen LogP contribution is 2.28. The lowest BCUT2D eigenvalue weighted by Crippen LogP contribution is -2.32. The fourth-order valence-corrected chi connectivity index (χ4v) is 3.47. The molecule has 0 amide bonds. The van der Waals surface area contributed by atoms with E-state index in [9.17, 15) is 9.90 Å². The third-order valence-corrected chi connectivity index (χ3v) is 4.91. The number of hydrogen-bond acceptors (Lipinski definition) is 6. The molecule has 2 rings (SSSR count). The van der Waals surface area contributed by atoms with Gasteiger partial charge >= 0.3 is 0 Å². The number of carbonyl (C=O) groups is 1. The second kappa shape index (κ2) is 8.99. The highest BCUT2D eigenvalue weighted by Gasteiger charge is 2.13. The Morgan fingerprint density at radius 2 is 2.08 bits per heavy atom. The van der Waals surface area contributed by atoms with Gasteiger partial charge in [-0.2, -0.15) is 0 Å². The molecule has 2 aromatic rings. The number of likely N-dealkylation sites (N-methyl/N-ethyl adjacent to an activating group) is 1. The lowest BCUT2D eigenvalue weighted by Gasteiger charge is -2.21. The summed E-state index contributed by atoms with van der Waals surface area (Å²) in [5, 5.41) is 12.3. The quantitative estimate of drug-likeness (QED) is 0.694. The molecule has 1 aromatic heterocycles. The fourth-order valence-electron chi connectivity index (χ4n) is 2.48. The maximum absolute atomic E-state index is 11.4. The van der Waals surface area contributed by atoms with Gasteiger partial charge < -0.3 is 14.6 Å². The summed E-state index contributed by atoms with van der Waals surface area (Å²) in [6, 6.07) is 7.14. The molecule has 0 spiro atoms. The van der Waals surface area contributed by atoms with Crippen LogP contribution in [-0.4, -0.2) is 49.2 Å². The fraction of sp³-hybridized carbons (Fsp3) is 0.421. The SMILES string of the molecule is COc1cc(C(C)=O)ccc1OCC(O)CN(C)Cc1sccc1C. The Bertz CT molecular complexity index is 713. The molecule has 0 saturated heterocycles. The van der Waals surface area contributed by atoms with Crippen molar-refractivity contribution in [3.8, 4) is 11.5 Å². The molecule has 1 atom stereocenters. The van der Waals surface area contributed by atoms with Crippen LogP contribution < -0.4 is 9.47 Å². The zero-order chi connectivity index (χ0) is 18.4. The molecule has 1 aromatic carbocycles. The van der Waals surface area contributed by atoms with E-state index in [2.05, 4.69) is 23.3 Å². The van der Waals surface area contributed by atoms with E-state index in [-0.39, 0.29) is 12.4 Å². The van der Waals surface area contributed by atoms with Gasteiger partial charge in [0, 0.05) is 23.5 Å². The van der Waals surface area contributed by atoms with E-state index in [1.54, 1.807) is 29.5 Å². The lowest BCUT2D eigenvalue weighted by atomic mass is 10.1. The number of rotatable bonds is 9. The van der Waals surface area contributed by atoms with Crippen LogP contribution in [0.2, 0.25) is 0 Å². The summed E-state index contributed by atoms with van der Waals surface area (Å²) in [6.07, 6.45) is -0.623. The van der Waals surface area contributed by atoms with Crippen LogP contribution in [-0.2, 0) is 6.54 Å². The molecule has 0 fully saturated rings. The van der Waals surface area contributed by atoms with Crippen molar-refractivity contribution in [3.05, 3.63) is 45.6 Å². The van der Waals surface area contributed by atoms with E-state index in [1.165, 1.54) is 24.5 Å². The Hall–Kier alpha value is -1.89. The zero-order valence-electron chi connectivity index (χ0n) is 15.1. The Morgan fingerprint density at radius 3 is 2.68 bits per heavy atom. The Labute approximate surface area is 152 Å². The average Bonchev–Trinajstić information content (AvgIpc) is 2.97. The Morgan fingerprint density at radius 1 is 1.32 bits per heavy atom. The summed E-state index contributed by atoms with van der Waals surface area (Å²) in [5.41, 5.74) is 1.84. The van der Waals surface area contributed by atoms with Crippen molar-refractivity contribution in [1.29, 1.82) is 0 Å². The zero-order valence-corrected chi connectivity index (χ0v) is 15.9. The molecule has 0 radical (unpaired) electrons. The van der Waals surface area contributed by atoms with Crippen molar-refractivity contribution >= 4 is 17.1 Å². The van der Waals surface area contributed by atoms with E-state index >= 15 is 0 Å². The van der Waals surface area contributed by atoms with Crippen LogP contribution in [0.25, 0.3) is 0 Å². The van der Waals surface area contributed by atoms with E-state index in [1.807, 2.05) is 7.05 Å². The predicted octanol–water partition coefficient (Wildman–Crippen LogP) is 3.14. The maximum atomic E-state index is 11.4. The van der Waals surface area contributed by atoms with Gasteiger partial charge in [-0.25, -0.2) is 0 Å². The highest BCUT2D eigenvalue weighted by molar-refractivity contribution is 7.10. The van der Waals surface area contributed by atoms with Crippen molar-refractivity contribution in [3.63, 3.8) is 0 Å². The third kappa shape index (κ3) is 5.56.